The molecule has 0 aliphatic carbocycles. The predicted molar refractivity (Wildman–Crippen MR) is 155 cm³/mol. The highest BCUT2D eigenvalue weighted by molar-refractivity contribution is 7.94. The van der Waals surface area contributed by atoms with Gasteiger partial charge in [-0.2, -0.15) is 0 Å². The van der Waals surface area contributed by atoms with Crippen molar-refractivity contribution < 1.29 is 27.0 Å². The van der Waals surface area contributed by atoms with E-state index in [9.17, 15) is 12.8 Å². The van der Waals surface area contributed by atoms with Gasteiger partial charge in [-0.1, -0.05) is 12.5 Å². The van der Waals surface area contributed by atoms with Crippen LogP contribution < -0.4 is 18.9 Å². The Hall–Kier alpha value is -3.41. The number of hydrogen-bond acceptors (Lipinski definition) is 8. The van der Waals surface area contributed by atoms with Gasteiger partial charge in [-0.15, -0.1) is 11.3 Å². The van der Waals surface area contributed by atoms with E-state index in [-0.39, 0.29) is 15.6 Å². The molecule has 1 N–H and O–H groups in total. The fraction of sp³-hybridized carbons (Fsp3) is 0.345. The third-order valence-corrected chi connectivity index (χ3v) is 9.72. The highest BCUT2D eigenvalue weighted by Gasteiger charge is 2.19. The van der Waals surface area contributed by atoms with E-state index in [0.717, 1.165) is 36.9 Å². The number of anilines is 1. The number of fused-ring (bicyclic) bond motifs is 1. The van der Waals surface area contributed by atoms with Gasteiger partial charge in [-0.05, 0) is 68.4 Å². The lowest BCUT2D eigenvalue weighted by molar-refractivity contribution is 0.148. The largest absolute Gasteiger partial charge is 0.493 e. The minimum absolute atomic E-state index is 0.0576. The Balaban J connectivity index is 1.29. The van der Waals surface area contributed by atoms with Crippen LogP contribution in [-0.2, 0) is 10.0 Å². The van der Waals surface area contributed by atoms with E-state index in [0.29, 0.717) is 40.8 Å². The summed E-state index contributed by atoms with van der Waals surface area (Å²) in [5.41, 5.74) is 0.703. The van der Waals surface area contributed by atoms with Gasteiger partial charge in [0.1, 0.15) is 9.96 Å². The lowest BCUT2D eigenvalue weighted by Gasteiger charge is -2.33. The summed E-state index contributed by atoms with van der Waals surface area (Å²) in [5.74, 6) is 0.708. The van der Waals surface area contributed by atoms with Crippen LogP contribution in [0.2, 0.25) is 0 Å². The number of pyridine rings is 1. The molecule has 1 saturated heterocycles. The van der Waals surface area contributed by atoms with Crippen LogP contribution in [-0.4, -0.2) is 51.1 Å². The molecule has 212 valence electrons. The Kier molecular flexibility index (Phi) is 8.72. The third-order valence-electron chi connectivity index (χ3n) is 6.94. The molecule has 5 rings (SSSR count). The summed E-state index contributed by atoms with van der Waals surface area (Å²) in [6, 6.07) is 12.8. The minimum Gasteiger partial charge on any atom is -0.493 e. The summed E-state index contributed by atoms with van der Waals surface area (Å²) < 4.78 is 60.0. The lowest BCUT2D eigenvalue weighted by atomic mass is 10.0. The van der Waals surface area contributed by atoms with Crippen molar-refractivity contribution in [2.45, 2.75) is 42.9 Å². The standard InChI is InChI=1S/C29H32FN3O5S2/c1-20-7-3-4-13-33(20)14-6-15-37-28-19-24-22(18-27(28)36-2)25(11-12-31-24)38-26-10-9-21(17-23(26)30)32-40(34,35)29-8-5-16-39-29/h5,8-12,16-20,32H,3-4,6-7,13-15H2,1-2H3. The highest BCUT2D eigenvalue weighted by Crippen LogP contribution is 2.38. The maximum atomic E-state index is 15.0. The number of rotatable bonds is 11. The second-order valence-electron chi connectivity index (χ2n) is 9.70. The van der Waals surface area contributed by atoms with Crippen LogP contribution in [0.25, 0.3) is 10.9 Å². The summed E-state index contributed by atoms with van der Waals surface area (Å²) in [5, 5.41) is 2.28. The van der Waals surface area contributed by atoms with E-state index >= 15 is 0 Å². The zero-order chi connectivity index (χ0) is 28.1. The molecule has 0 saturated carbocycles. The number of thiophene rings is 1. The van der Waals surface area contributed by atoms with E-state index in [1.807, 2.05) is 0 Å². The first-order chi connectivity index (χ1) is 19.3. The van der Waals surface area contributed by atoms with Crippen molar-refractivity contribution in [1.82, 2.24) is 9.88 Å². The second kappa shape index (κ2) is 12.4. The van der Waals surface area contributed by atoms with Crippen LogP contribution in [0.1, 0.15) is 32.6 Å². The second-order valence-corrected chi connectivity index (χ2v) is 12.6. The number of halogens is 1. The minimum atomic E-state index is -3.79. The smallest absolute Gasteiger partial charge is 0.271 e. The number of sulfonamides is 1. The van der Waals surface area contributed by atoms with Crippen molar-refractivity contribution >= 4 is 38.0 Å². The van der Waals surface area contributed by atoms with Crippen molar-refractivity contribution in [2.24, 2.45) is 0 Å². The Morgan fingerprint density at radius 3 is 2.73 bits per heavy atom. The van der Waals surface area contributed by atoms with Crippen LogP contribution in [0.15, 0.2) is 64.3 Å². The van der Waals surface area contributed by atoms with E-state index in [4.69, 9.17) is 14.2 Å². The Morgan fingerprint density at radius 1 is 1.10 bits per heavy atom. The molecule has 1 fully saturated rings. The number of benzene rings is 2. The third kappa shape index (κ3) is 6.48. The van der Waals surface area contributed by atoms with Crippen LogP contribution in [0, 0.1) is 5.82 Å². The SMILES string of the molecule is COc1cc2c(Oc3ccc(NS(=O)(=O)c4cccs4)cc3F)ccnc2cc1OCCCN1CCCCC1C. The van der Waals surface area contributed by atoms with Crippen molar-refractivity contribution in [3.05, 3.63) is 65.9 Å². The average Bonchev–Trinajstić information content (AvgIpc) is 3.49. The normalized spacial score (nSPS) is 16.1. The number of aromatic nitrogens is 1. The first kappa shape index (κ1) is 28.1. The van der Waals surface area contributed by atoms with Gasteiger partial charge in [0.15, 0.2) is 23.1 Å². The van der Waals surface area contributed by atoms with Crippen molar-refractivity contribution in [1.29, 1.82) is 0 Å². The van der Waals surface area contributed by atoms with Gasteiger partial charge in [0, 0.05) is 36.3 Å². The first-order valence-corrected chi connectivity index (χ1v) is 15.6. The lowest BCUT2D eigenvalue weighted by Crippen LogP contribution is -2.38. The maximum absolute atomic E-state index is 15.0. The summed E-state index contributed by atoms with van der Waals surface area (Å²) in [6.45, 7) is 4.97. The zero-order valence-corrected chi connectivity index (χ0v) is 24.1. The number of ether oxygens (including phenoxy) is 3. The molecular formula is C29H32FN3O5S2. The molecule has 0 spiro atoms. The van der Waals surface area contributed by atoms with Gasteiger partial charge in [0.2, 0.25) is 0 Å². The zero-order valence-electron chi connectivity index (χ0n) is 22.4. The molecule has 3 heterocycles. The molecule has 2 aromatic heterocycles. The molecule has 8 nitrogen and oxygen atoms in total. The molecule has 11 heteroatoms. The summed E-state index contributed by atoms with van der Waals surface area (Å²) in [7, 11) is -2.23. The van der Waals surface area contributed by atoms with Gasteiger partial charge in [-0.25, -0.2) is 12.8 Å². The molecule has 40 heavy (non-hydrogen) atoms. The molecule has 0 radical (unpaired) electrons. The van der Waals surface area contributed by atoms with Crippen LogP contribution >= 0.6 is 11.3 Å². The molecule has 0 bridgehead atoms. The number of nitrogens with one attached hydrogen (secondary N) is 1. The van der Waals surface area contributed by atoms with Gasteiger partial charge in [0.05, 0.1) is 24.9 Å². The first-order valence-electron chi connectivity index (χ1n) is 13.2. The van der Waals surface area contributed by atoms with E-state index in [1.165, 1.54) is 37.5 Å². The topological polar surface area (TPSA) is 90.0 Å². The van der Waals surface area contributed by atoms with E-state index in [1.54, 1.807) is 43.0 Å². The van der Waals surface area contributed by atoms with Gasteiger partial charge in [0.25, 0.3) is 10.0 Å². The van der Waals surface area contributed by atoms with Crippen molar-refractivity contribution in [3.8, 4) is 23.0 Å². The van der Waals surface area contributed by atoms with E-state index in [2.05, 4.69) is 21.5 Å². The molecular weight excluding hydrogens is 553 g/mol. The fourth-order valence-electron chi connectivity index (χ4n) is 4.82. The van der Waals surface area contributed by atoms with Gasteiger partial charge >= 0.3 is 0 Å². The molecule has 1 atom stereocenters. The number of hydrogen-bond donors (Lipinski definition) is 1. The molecule has 0 amide bonds. The predicted octanol–water partition coefficient (Wildman–Crippen LogP) is 6.68. The number of piperidine rings is 1. The van der Waals surface area contributed by atoms with Crippen LogP contribution in [0.4, 0.5) is 10.1 Å². The van der Waals surface area contributed by atoms with Crippen LogP contribution in [0.5, 0.6) is 23.0 Å². The van der Waals surface area contributed by atoms with Crippen molar-refractivity contribution in [3.63, 3.8) is 0 Å². The van der Waals surface area contributed by atoms with Crippen molar-refractivity contribution in [2.75, 3.05) is 31.5 Å². The van der Waals surface area contributed by atoms with E-state index < -0.39 is 15.8 Å². The monoisotopic (exact) mass is 585 g/mol. The number of likely N-dealkylation sites (tertiary alicyclic amines) is 1. The Bertz CT molecular complexity index is 1560. The quantitative estimate of drug-likeness (QED) is 0.196. The highest BCUT2D eigenvalue weighted by atomic mass is 32.2. The maximum Gasteiger partial charge on any atom is 0.271 e. The Labute approximate surface area is 237 Å². The van der Waals surface area contributed by atoms with Crippen LogP contribution in [0.3, 0.4) is 0 Å². The van der Waals surface area contributed by atoms with Gasteiger partial charge in [-0.3, -0.25) is 9.71 Å². The van der Waals surface area contributed by atoms with Gasteiger partial charge < -0.3 is 19.1 Å². The number of nitrogens with zero attached hydrogens (tertiary/aromatic N) is 2. The molecule has 1 aliphatic heterocycles. The molecule has 1 aliphatic rings. The summed E-state index contributed by atoms with van der Waals surface area (Å²) in [4.78, 5) is 6.95. The number of methoxy groups -OCH3 is 1. The molecule has 1 unspecified atom stereocenters. The molecule has 4 aromatic rings. The average molecular weight is 586 g/mol. The summed E-state index contributed by atoms with van der Waals surface area (Å²) in [6.07, 6.45) is 6.28. The molecule has 2 aromatic carbocycles. The Morgan fingerprint density at radius 2 is 1.98 bits per heavy atom. The summed E-state index contributed by atoms with van der Waals surface area (Å²) >= 11 is 1.08. The fourth-order valence-corrected chi connectivity index (χ4v) is 6.86.